The zero-order chi connectivity index (χ0) is 18.7. The quantitative estimate of drug-likeness (QED) is 0.639. The molecular formula is C17H16ClF3N4O. The maximum Gasteiger partial charge on any atom is 0.408 e. The third-order valence-corrected chi connectivity index (χ3v) is 4.11. The first kappa shape index (κ1) is 18.5. The lowest BCUT2D eigenvalue weighted by Gasteiger charge is -2.32. The Balaban J connectivity index is 1.84. The van der Waals surface area contributed by atoms with Crippen molar-refractivity contribution in [2.45, 2.75) is 31.7 Å². The van der Waals surface area contributed by atoms with Crippen molar-refractivity contribution in [1.82, 2.24) is 14.8 Å². The summed E-state index contributed by atoms with van der Waals surface area (Å²) in [5, 5.41) is 13.8. The van der Waals surface area contributed by atoms with Gasteiger partial charge in [0.25, 0.3) is 0 Å². The van der Waals surface area contributed by atoms with Gasteiger partial charge in [-0.2, -0.15) is 18.3 Å². The fourth-order valence-electron chi connectivity index (χ4n) is 2.79. The predicted octanol–water partition coefficient (Wildman–Crippen LogP) is 2.85. The molecule has 9 heteroatoms. The van der Waals surface area contributed by atoms with Gasteiger partial charge in [-0.25, -0.2) is 4.98 Å². The van der Waals surface area contributed by atoms with E-state index in [0.717, 1.165) is 29.8 Å². The molecule has 0 amide bonds. The van der Waals surface area contributed by atoms with Crippen LogP contribution >= 0.6 is 11.6 Å². The Morgan fingerprint density at radius 2 is 2.12 bits per heavy atom. The molecule has 2 aromatic rings. The van der Waals surface area contributed by atoms with Crippen molar-refractivity contribution in [1.29, 1.82) is 0 Å². The van der Waals surface area contributed by atoms with Gasteiger partial charge in [-0.1, -0.05) is 23.4 Å². The molecule has 0 spiro atoms. The van der Waals surface area contributed by atoms with E-state index in [1.54, 1.807) is 6.07 Å². The Hall–Kier alpha value is -2.24. The molecule has 0 radical (unpaired) electrons. The second kappa shape index (κ2) is 7.56. The maximum absolute atomic E-state index is 12.4. The molecule has 0 aromatic carbocycles. The van der Waals surface area contributed by atoms with E-state index in [9.17, 15) is 18.3 Å². The van der Waals surface area contributed by atoms with Crippen LogP contribution in [0.4, 0.5) is 18.9 Å². The predicted molar refractivity (Wildman–Crippen MR) is 91.0 cm³/mol. The van der Waals surface area contributed by atoms with Crippen LogP contribution in [-0.2, 0) is 6.54 Å². The molecule has 1 atom stereocenters. The number of aromatic nitrogens is 3. The zero-order valence-corrected chi connectivity index (χ0v) is 14.4. The third kappa shape index (κ3) is 4.90. The number of alkyl halides is 3. The number of β-amino-alcohol motifs (C(OH)–C–C–N with tert-alkyl or cyclic N) is 1. The summed E-state index contributed by atoms with van der Waals surface area (Å²) in [4.78, 5) is 6.01. The van der Waals surface area contributed by atoms with Gasteiger partial charge in [0.15, 0.2) is 0 Å². The minimum atomic E-state index is -4.33. The Kier molecular flexibility index (Phi) is 5.39. The fraction of sp³-hybridized carbons (Fsp3) is 0.412. The van der Waals surface area contributed by atoms with Gasteiger partial charge >= 0.3 is 6.18 Å². The Bertz CT molecular complexity index is 841. The van der Waals surface area contributed by atoms with Crippen molar-refractivity contribution in [3.63, 3.8) is 0 Å². The Morgan fingerprint density at radius 1 is 1.31 bits per heavy atom. The van der Waals surface area contributed by atoms with E-state index in [1.165, 1.54) is 18.6 Å². The summed E-state index contributed by atoms with van der Waals surface area (Å²) in [5.74, 6) is 5.72. The first-order valence-electron chi connectivity index (χ1n) is 8.00. The molecule has 1 fully saturated rings. The molecule has 1 aliphatic heterocycles. The van der Waals surface area contributed by atoms with Crippen LogP contribution in [-0.4, -0.2) is 45.2 Å². The van der Waals surface area contributed by atoms with Gasteiger partial charge in [-0.05, 0) is 12.8 Å². The number of aliphatic hydroxyl groups excluding tert-OH is 1. The third-order valence-electron chi connectivity index (χ3n) is 3.90. The molecule has 1 saturated heterocycles. The topological polar surface area (TPSA) is 54.2 Å². The average molecular weight is 385 g/mol. The summed E-state index contributed by atoms with van der Waals surface area (Å²) in [6.07, 6.45) is 0.885. The van der Waals surface area contributed by atoms with E-state index >= 15 is 0 Å². The van der Waals surface area contributed by atoms with Crippen molar-refractivity contribution in [2.75, 3.05) is 18.0 Å². The molecule has 1 N–H and O–H groups in total. The van der Waals surface area contributed by atoms with E-state index in [0.29, 0.717) is 22.8 Å². The SMILES string of the molecule is O[C@H]1CCCN(c2cc(Cl)ncc2C#Cc2cnn(CC(F)(F)F)c2)C1. The van der Waals surface area contributed by atoms with Crippen LogP contribution in [0.15, 0.2) is 24.7 Å². The molecule has 0 unspecified atom stereocenters. The lowest BCUT2D eigenvalue weighted by atomic mass is 10.1. The summed E-state index contributed by atoms with van der Waals surface area (Å²) in [5.41, 5.74) is 1.71. The molecule has 1 aliphatic rings. The van der Waals surface area contributed by atoms with Crippen LogP contribution < -0.4 is 4.90 Å². The monoisotopic (exact) mass is 384 g/mol. The van der Waals surface area contributed by atoms with Crippen molar-refractivity contribution in [3.8, 4) is 11.8 Å². The van der Waals surface area contributed by atoms with Crippen LogP contribution in [0.2, 0.25) is 5.15 Å². The van der Waals surface area contributed by atoms with Crippen LogP contribution in [0.1, 0.15) is 24.0 Å². The summed E-state index contributed by atoms with van der Waals surface area (Å²) < 4.78 is 38.0. The number of piperidine rings is 1. The lowest BCUT2D eigenvalue weighted by molar-refractivity contribution is -0.142. The van der Waals surface area contributed by atoms with Crippen molar-refractivity contribution in [2.24, 2.45) is 0 Å². The highest BCUT2D eigenvalue weighted by Crippen LogP contribution is 2.26. The number of rotatable bonds is 2. The highest BCUT2D eigenvalue weighted by Gasteiger charge is 2.28. The van der Waals surface area contributed by atoms with Gasteiger partial charge in [0.2, 0.25) is 0 Å². The number of anilines is 1. The molecule has 138 valence electrons. The standard InChI is InChI=1S/C17H16ClF3N4O/c18-16-6-15(24-5-1-2-14(26)10-24)13(8-22-16)4-3-12-7-23-25(9-12)11-17(19,20)21/h6-9,14,26H,1-2,5,10-11H2/t14-/m0/s1. The van der Waals surface area contributed by atoms with Crippen molar-refractivity contribution in [3.05, 3.63) is 40.9 Å². The maximum atomic E-state index is 12.4. The summed E-state index contributed by atoms with van der Waals surface area (Å²) in [6.45, 7) is 0.0717. The summed E-state index contributed by atoms with van der Waals surface area (Å²) in [7, 11) is 0. The van der Waals surface area contributed by atoms with Gasteiger partial charge in [0.1, 0.15) is 11.7 Å². The molecule has 3 heterocycles. The summed E-state index contributed by atoms with van der Waals surface area (Å²) >= 11 is 5.99. The lowest BCUT2D eigenvalue weighted by Crippen LogP contribution is -2.38. The van der Waals surface area contributed by atoms with E-state index in [2.05, 4.69) is 21.9 Å². The fourth-order valence-corrected chi connectivity index (χ4v) is 2.94. The van der Waals surface area contributed by atoms with Crippen LogP contribution in [0, 0.1) is 11.8 Å². The van der Waals surface area contributed by atoms with Crippen LogP contribution in [0.3, 0.4) is 0 Å². The number of pyridine rings is 1. The van der Waals surface area contributed by atoms with Crippen molar-refractivity contribution >= 4 is 17.3 Å². The van der Waals surface area contributed by atoms with Gasteiger partial charge in [-0.15, -0.1) is 0 Å². The number of aliphatic hydroxyl groups is 1. The van der Waals surface area contributed by atoms with Gasteiger partial charge < -0.3 is 10.0 Å². The highest BCUT2D eigenvalue weighted by atomic mass is 35.5. The zero-order valence-electron chi connectivity index (χ0n) is 13.7. The van der Waals surface area contributed by atoms with Crippen LogP contribution in [0.25, 0.3) is 0 Å². The number of hydrogen-bond acceptors (Lipinski definition) is 4. The van der Waals surface area contributed by atoms with E-state index in [4.69, 9.17) is 11.6 Å². The Morgan fingerprint density at radius 3 is 2.85 bits per heavy atom. The Labute approximate surface area is 153 Å². The van der Waals surface area contributed by atoms with Gasteiger partial charge in [0, 0.05) is 31.5 Å². The first-order chi connectivity index (χ1) is 12.3. The summed E-state index contributed by atoms with van der Waals surface area (Å²) in [6, 6.07) is 1.68. The molecule has 5 nitrogen and oxygen atoms in total. The molecular weight excluding hydrogens is 369 g/mol. The van der Waals surface area contributed by atoms with Crippen molar-refractivity contribution < 1.29 is 18.3 Å². The van der Waals surface area contributed by atoms with Crippen LogP contribution in [0.5, 0.6) is 0 Å². The van der Waals surface area contributed by atoms with Gasteiger partial charge in [0.05, 0.1) is 29.1 Å². The minimum Gasteiger partial charge on any atom is -0.391 e. The normalized spacial score (nSPS) is 17.7. The average Bonchev–Trinajstić information content (AvgIpc) is 2.99. The van der Waals surface area contributed by atoms with Gasteiger partial charge in [-0.3, -0.25) is 4.68 Å². The second-order valence-corrected chi connectivity index (χ2v) is 6.45. The van der Waals surface area contributed by atoms with E-state index < -0.39 is 18.8 Å². The number of nitrogens with zero attached hydrogens (tertiary/aromatic N) is 4. The smallest absolute Gasteiger partial charge is 0.391 e. The second-order valence-electron chi connectivity index (χ2n) is 6.06. The number of hydrogen-bond donors (Lipinski definition) is 1. The molecule has 0 saturated carbocycles. The highest BCUT2D eigenvalue weighted by molar-refractivity contribution is 6.29. The molecule has 3 rings (SSSR count). The minimum absolute atomic E-state index is 0.309. The largest absolute Gasteiger partial charge is 0.408 e. The van der Waals surface area contributed by atoms with E-state index in [-0.39, 0.29) is 0 Å². The molecule has 26 heavy (non-hydrogen) atoms. The molecule has 2 aromatic heterocycles. The number of halogens is 4. The molecule has 0 aliphatic carbocycles. The van der Waals surface area contributed by atoms with E-state index in [1.807, 2.05) is 4.90 Å². The molecule has 0 bridgehead atoms. The first-order valence-corrected chi connectivity index (χ1v) is 8.38.